The van der Waals surface area contributed by atoms with E-state index >= 15 is 0 Å². The van der Waals surface area contributed by atoms with Gasteiger partial charge in [-0.15, -0.1) is 0 Å². The molecule has 0 amide bonds. The molecule has 0 bridgehead atoms. The third kappa shape index (κ3) is 12.6. The summed E-state index contributed by atoms with van der Waals surface area (Å²) in [5.41, 5.74) is 0. The molecule has 0 saturated heterocycles. The van der Waals surface area contributed by atoms with E-state index in [9.17, 15) is 0 Å². The topological polar surface area (TPSA) is 18.5 Å². The van der Waals surface area contributed by atoms with E-state index in [0.29, 0.717) is 0 Å². The van der Waals surface area contributed by atoms with Crippen molar-refractivity contribution in [1.82, 2.24) is 0 Å². The van der Waals surface area contributed by atoms with Crippen molar-refractivity contribution in [1.29, 1.82) is 0 Å². The fourth-order valence-electron chi connectivity index (χ4n) is 1.30. The molecule has 5 heteroatoms. The molecule has 0 aliphatic carbocycles. The van der Waals surface area contributed by atoms with Crippen molar-refractivity contribution in [2.75, 3.05) is 0 Å². The number of hydrogen-bond acceptors (Lipinski definition) is 2. The maximum atomic E-state index is 5.50. The quantitative estimate of drug-likeness (QED) is 0.397. The summed E-state index contributed by atoms with van der Waals surface area (Å²) in [7, 11) is 0.186. The fourth-order valence-corrected chi connectivity index (χ4v) is 5.32. The Balaban J connectivity index is 2.76. The summed E-state index contributed by atoms with van der Waals surface area (Å²) in [4.78, 5) is 0. The van der Waals surface area contributed by atoms with Crippen molar-refractivity contribution in [3.63, 3.8) is 0 Å². The zero-order chi connectivity index (χ0) is 9.78. The minimum atomic E-state index is -0.502. The lowest BCUT2D eigenvalue weighted by atomic mass is 10.1. The lowest BCUT2D eigenvalue weighted by Gasteiger charge is -2.02. The number of unbranched alkanes of at least 4 members (excludes halogenated alkanes) is 5. The van der Waals surface area contributed by atoms with Crippen molar-refractivity contribution in [2.45, 2.75) is 51.5 Å². The van der Waals surface area contributed by atoms with Gasteiger partial charge in [0.15, 0.2) is 0 Å². The Hall–Kier alpha value is 0.571. The second-order valence-electron chi connectivity index (χ2n) is 3.44. The third-order valence-electron chi connectivity index (χ3n) is 2.09. The molecule has 0 saturated carbocycles. The second-order valence-corrected chi connectivity index (χ2v) is 8.73. The monoisotopic (exact) mass is 236 g/mol. The molecule has 0 heterocycles. The van der Waals surface area contributed by atoms with Crippen LogP contribution in [0.1, 0.15) is 45.4 Å². The first-order valence-corrected chi connectivity index (χ1v) is 9.03. The van der Waals surface area contributed by atoms with Gasteiger partial charge < -0.3 is 8.23 Å². The molecular weight excluding hydrogens is 212 g/mol. The number of rotatable bonds is 10. The predicted molar refractivity (Wildman–Crippen MR) is 67.4 cm³/mol. The third-order valence-corrected chi connectivity index (χ3v) is 5.65. The Bertz CT molecular complexity index is 83.5. The van der Waals surface area contributed by atoms with Crippen LogP contribution in [0.15, 0.2) is 0 Å². The highest BCUT2D eigenvalue weighted by atomic mass is 28.3. The highest BCUT2D eigenvalue weighted by Crippen LogP contribution is 2.06. The van der Waals surface area contributed by atoms with Gasteiger partial charge in [0, 0.05) is 0 Å². The zero-order valence-corrected chi connectivity index (χ0v) is 14.0. The normalized spacial score (nSPS) is 12.7. The van der Waals surface area contributed by atoms with E-state index in [-0.39, 0.29) is 9.76 Å². The summed E-state index contributed by atoms with van der Waals surface area (Å²) in [5.74, 6) is 0. The summed E-state index contributed by atoms with van der Waals surface area (Å²) in [6.07, 6.45) is 8.43. The van der Waals surface area contributed by atoms with Crippen molar-refractivity contribution in [3.05, 3.63) is 0 Å². The van der Waals surface area contributed by atoms with Gasteiger partial charge in [0.05, 0.1) is 0 Å². The van der Waals surface area contributed by atoms with Crippen LogP contribution < -0.4 is 0 Å². The molecule has 0 aromatic carbocycles. The summed E-state index contributed by atoms with van der Waals surface area (Å²) < 4.78 is 10.6. The minimum absolute atomic E-state index is 0.180. The van der Waals surface area contributed by atoms with Crippen LogP contribution in [0.2, 0.25) is 6.04 Å². The van der Waals surface area contributed by atoms with Gasteiger partial charge in [0.25, 0.3) is 10.0 Å². The molecule has 80 valence electrons. The standard InChI is InChI=1S/C8H24O2Si3/c1-2-3-4-5-6-7-8-12-10-13-9-11/h2-8,12-13H2,1,11H3. The van der Waals surface area contributed by atoms with Gasteiger partial charge in [0.2, 0.25) is 0 Å². The van der Waals surface area contributed by atoms with Crippen molar-refractivity contribution in [2.24, 2.45) is 0 Å². The molecule has 13 heavy (non-hydrogen) atoms. The first-order chi connectivity index (χ1) is 6.41. The van der Waals surface area contributed by atoms with E-state index in [1.807, 2.05) is 0 Å². The van der Waals surface area contributed by atoms with Gasteiger partial charge in [-0.3, -0.25) is 0 Å². The number of hydrogen-bond donors (Lipinski definition) is 0. The highest BCUT2D eigenvalue weighted by Gasteiger charge is 1.91. The molecule has 0 N–H and O–H groups in total. The minimum Gasteiger partial charge on any atom is -0.449 e. The van der Waals surface area contributed by atoms with Gasteiger partial charge in [-0.1, -0.05) is 45.4 Å². The van der Waals surface area contributed by atoms with Crippen molar-refractivity contribution >= 4 is 30.3 Å². The molecule has 0 rings (SSSR count). The van der Waals surface area contributed by atoms with Gasteiger partial charge >= 0.3 is 0 Å². The Labute approximate surface area is 90.3 Å². The first-order valence-electron chi connectivity index (χ1n) is 5.48. The molecule has 0 unspecified atom stereocenters. The maximum absolute atomic E-state index is 5.50. The molecule has 2 nitrogen and oxygen atoms in total. The molecule has 0 aliphatic heterocycles. The molecule has 0 aliphatic rings. The van der Waals surface area contributed by atoms with E-state index < -0.39 is 10.0 Å². The first kappa shape index (κ1) is 13.6. The molecule has 0 spiro atoms. The highest BCUT2D eigenvalue weighted by molar-refractivity contribution is 6.41. The van der Waals surface area contributed by atoms with Gasteiger partial charge in [-0.25, -0.2) is 0 Å². The van der Waals surface area contributed by atoms with Gasteiger partial charge in [-0.05, 0) is 6.04 Å². The molecule has 0 radical (unpaired) electrons. The molecule has 0 atom stereocenters. The van der Waals surface area contributed by atoms with E-state index in [4.69, 9.17) is 8.23 Å². The smallest absolute Gasteiger partial charge is 0.282 e. The summed E-state index contributed by atoms with van der Waals surface area (Å²) in [6.45, 7) is 2.26. The Morgan fingerprint density at radius 1 is 1.08 bits per heavy atom. The van der Waals surface area contributed by atoms with Crippen LogP contribution in [-0.4, -0.2) is 30.3 Å². The summed E-state index contributed by atoms with van der Waals surface area (Å²) in [5, 5.41) is 0. The average molecular weight is 237 g/mol. The summed E-state index contributed by atoms with van der Waals surface area (Å²) >= 11 is 0. The maximum Gasteiger partial charge on any atom is 0.282 e. The Morgan fingerprint density at radius 2 is 1.77 bits per heavy atom. The molecule has 0 fully saturated rings. The Morgan fingerprint density at radius 3 is 2.46 bits per heavy atom. The van der Waals surface area contributed by atoms with Crippen molar-refractivity contribution in [3.8, 4) is 0 Å². The zero-order valence-electron chi connectivity index (χ0n) is 9.18. The van der Waals surface area contributed by atoms with Gasteiger partial charge in [0.1, 0.15) is 20.2 Å². The van der Waals surface area contributed by atoms with Crippen LogP contribution in [0.4, 0.5) is 0 Å². The SMILES string of the molecule is CCCCCCCC[SiH2]O[SiH2]O[SiH3]. The fraction of sp³-hybridized carbons (Fsp3) is 1.00. The van der Waals surface area contributed by atoms with Crippen LogP contribution in [0.25, 0.3) is 0 Å². The molecule has 0 aromatic rings. The van der Waals surface area contributed by atoms with E-state index in [1.54, 1.807) is 0 Å². The predicted octanol–water partition coefficient (Wildman–Crippen LogP) is 0.161. The Kier molecular flexibility index (Phi) is 13.1. The lowest BCUT2D eigenvalue weighted by Crippen LogP contribution is -2.06. The van der Waals surface area contributed by atoms with E-state index in [1.165, 1.54) is 44.6 Å². The summed E-state index contributed by atoms with van der Waals surface area (Å²) in [6, 6.07) is 1.37. The van der Waals surface area contributed by atoms with Crippen LogP contribution in [0.5, 0.6) is 0 Å². The van der Waals surface area contributed by atoms with Crippen LogP contribution in [0.3, 0.4) is 0 Å². The van der Waals surface area contributed by atoms with Crippen LogP contribution in [-0.2, 0) is 8.23 Å². The van der Waals surface area contributed by atoms with Crippen LogP contribution >= 0.6 is 0 Å². The second kappa shape index (κ2) is 12.6. The lowest BCUT2D eigenvalue weighted by molar-refractivity contribution is 0.499. The molecular formula is C8H24O2Si3. The van der Waals surface area contributed by atoms with E-state index in [2.05, 4.69) is 6.92 Å². The van der Waals surface area contributed by atoms with Gasteiger partial charge in [-0.2, -0.15) is 0 Å². The molecule has 0 aromatic heterocycles. The van der Waals surface area contributed by atoms with E-state index in [0.717, 1.165) is 10.5 Å². The largest absolute Gasteiger partial charge is 0.449 e. The van der Waals surface area contributed by atoms with Crippen LogP contribution in [0, 0.1) is 0 Å². The average Bonchev–Trinajstić information content (AvgIpc) is 2.16. The van der Waals surface area contributed by atoms with Crippen molar-refractivity contribution < 1.29 is 8.23 Å².